The molecular weight excluding hydrogens is 398 g/mol. The number of carbonyl (C=O) groups is 1. The summed E-state index contributed by atoms with van der Waals surface area (Å²) in [6, 6.07) is 5.36. The van der Waals surface area contributed by atoms with E-state index >= 15 is 0 Å². The normalized spacial score (nSPS) is 15.2. The van der Waals surface area contributed by atoms with Gasteiger partial charge >= 0.3 is 6.03 Å². The van der Waals surface area contributed by atoms with Gasteiger partial charge in [0.05, 0.1) is 31.3 Å². The van der Waals surface area contributed by atoms with E-state index in [1.165, 1.54) is 0 Å². The van der Waals surface area contributed by atoms with Gasteiger partial charge in [0.25, 0.3) is 0 Å². The van der Waals surface area contributed by atoms with Crippen LogP contribution in [0.3, 0.4) is 0 Å². The predicted molar refractivity (Wildman–Crippen MR) is 113 cm³/mol. The van der Waals surface area contributed by atoms with Gasteiger partial charge in [0.15, 0.2) is 0 Å². The van der Waals surface area contributed by atoms with Crippen molar-refractivity contribution >= 4 is 27.4 Å². The molecule has 10 nitrogen and oxygen atoms in total. The molecule has 1 fully saturated rings. The number of nitrogens with two attached hydrogens (primary N) is 1. The Hall–Kier alpha value is -2.08. The molecule has 1 saturated heterocycles. The Balaban J connectivity index is 1.84. The van der Waals surface area contributed by atoms with Crippen molar-refractivity contribution in [1.29, 1.82) is 0 Å². The lowest BCUT2D eigenvalue weighted by atomic mass is 10.2. The molecule has 0 radical (unpaired) electrons. The van der Waals surface area contributed by atoms with Crippen molar-refractivity contribution in [2.24, 2.45) is 5.14 Å². The lowest BCUT2D eigenvalue weighted by Gasteiger charge is -2.34. The topological polar surface area (TPSA) is 126 Å². The summed E-state index contributed by atoms with van der Waals surface area (Å²) < 4.78 is 32.4. The Kier molecular flexibility index (Phi) is 8.96. The largest absolute Gasteiger partial charge is 0.492 e. The summed E-state index contributed by atoms with van der Waals surface area (Å²) in [5, 5.41) is 10.3. The van der Waals surface area contributed by atoms with Gasteiger partial charge in [0.2, 0.25) is 10.0 Å². The highest BCUT2D eigenvalue weighted by Crippen LogP contribution is 2.30. The summed E-state index contributed by atoms with van der Waals surface area (Å²) in [6.07, 6.45) is 0. The number of nitrogens with zero attached hydrogens (tertiary/aromatic N) is 2. The van der Waals surface area contributed by atoms with E-state index in [0.29, 0.717) is 18.0 Å². The van der Waals surface area contributed by atoms with Gasteiger partial charge < -0.3 is 29.9 Å². The minimum Gasteiger partial charge on any atom is -0.492 e. The van der Waals surface area contributed by atoms with Crippen LogP contribution >= 0.6 is 0 Å². The van der Waals surface area contributed by atoms with Gasteiger partial charge in [-0.25, -0.2) is 18.4 Å². The number of hydrogen-bond acceptors (Lipinski definition) is 7. The Labute approximate surface area is 172 Å². The number of benzene rings is 1. The van der Waals surface area contributed by atoms with Crippen molar-refractivity contribution in [3.63, 3.8) is 0 Å². The van der Waals surface area contributed by atoms with Crippen molar-refractivity contribution in [2.45, 2.75) is 6.92 Å². The molecule has 0 bridgehead atoms. The Morgan fingerprint density at radius 2 is 1.93 bits per heavy atom. The van der Waals surface area contributed by atoms with Crippen LogP contribution in [0.5, 0.6) is 5.75 Å². The number of sulfonamides is 1. The molecule has 164 valence electrons. The molecule has 0 aliphatic carbocycles. The van der Waals surface area contributed by atoms with Crippen LogP contribution in [0.15, 0.2) is 18.2 Å². The van der Waals surface area contributed by atoms with Gasteiger partial charge in [-0.3, -0.25) is 0 Å². The number of carbonyl (C=O) groups excluding carboxylic acids is 1. The molecule has 0 atom stereocenters. The minimum atomic E-state index is -3.54. The van der Waals surface area contributed by atoms with E-state index in [1.807, 2.05) is 25.1 Å². The molecule has 2 amide bonds. The first-order valence-corrected chi connectivity index (χ1v) is 11.3. The molecule has 1 aromatic rings. The zero-order valence-electron chi connectivity index (χ0n) is 17.0. The van der Waals surface area contributed by atoms with E-state index in [-0.39, 0.29) is 25.5 Å². The Morgan fingerprint density at radius 3 is 2.59 bits per heavy atom. The third-order valence-corrected chi connectivity index (χ3v) is 5.16. The van der Waals surface area contributed by atoms with Crippen LogP contribution in [0.2, 0.25) is 0 Å². The summed E-state index contributed by atoms with van der Waals surface area (Å²) in [4.78, 5) is 16.7. The molecule has 1 aromatic carbocycles. The number of urea groups is 1. The predicted octanol–water partition coefficient (Wildman–Crippen LogP) is 0.264. The van der Waals surface area contributed by atoms with E-state index < -0.39 is 16.1 Å². The van der Waals surface area contributed by atoms with E-state index in [1.54, 1.807) is 0 Å². The van der Waals surface area contributed by atoms with Gasteiger partial charge in [0.1, 0.15) is 5.75 Å². The second-order valence-corrected chi connectivity index (χ2v) is 8.50. The smallest absolute Gasteiger partial charge is 0.319 e. The van der Waals surface area contributed by atoms with E-state index in [9.17, 15) is 13.2 Å². The average molecular weight is 430 g/mol. The average Bonchev–Trinajstić information content (AvgIpc) is 2.66. The minimum absolute atomic E-state index is 0.00955. The highest BCUT2D eigenvalue weighted by Gasteiger charge is 2.16. The number of ether oxygens (including phenoxy) is 2. The molecule has 2 rings (SSSR count). The number of amides is 2. The molecule has 1 aliphatic rings. The first kappa shape index (κ1) is 23.2. The number of nitrogens with one attached hydrogen (secondary N) is 2. The summed E-state index contributed by atoms with van der Waals surface area (Å²) in [5.74, 6) is 0.361. The summed E-state index contributed by atoms with van der Waals surface area (Å²) in [5.41, 5.74) is 1.65. The fraction of sp³-hybridized carbons (Fsp3) is 0.611. The standard InChI is InChI=1S/C18H31N5O5S/c1-3-28-17-14-15(23-9-7-22(2)8-10-23)4-5-16(17)21-18(24)20-6-11-27-12-13-29(19,25)26/h4-5,14H,3,6-13H2,1-2H3,(H2,19,25,26)(H2,20,21,24). The highest BCUT2D eigenvalue weighted by atomic mass is 32.2. The third kappa shape index (κ3) is 8.44. The first-order chi connectivity index (χ1) is 13.8. The fourth-order valence-corrected chi connectivity index (χ4v) is 3.18. The monoisotopic (exact) mass is 429 g/mol. The molecule has 0 saturated carbocycles. The number of hydrogen-bond donors (Lipinski definition) is 3. The van der Waals surface area contributed by atoms with E-state index in [2.05, 4.69) is 27.5 Å². The second-order valence-electron chi connectivity index (χ2n) is 6.76. The zero-order valence-corrected chi connectivity index (χ0v) is 17.8. The van der Waals surface area contributed by atoms with Gasteiger partial charge in [-0.15, -0.1) is 0 Å². The van der Waals surface area contributed by atoms with Crippen molar-refractivity contribution in [3.8, 4) is 5.75 Å². The van der Waals surface area contributed by atoms with Crippen molar-refractivity contribution in [1.82, 2.24) is 10.2 Å². The fourth-order valence-electron chi connectivity index (χ4n) is 2.83. The van der Waals surface area contributed by atoms with Crippen LogP contribution in [0.25, 0.3) is 0 Å². The maximum absolute atomic E-state index is 12.1. The van der Waals surface area contributed by atoms with E-state index in [0.717, 1.165) is 31.9 Å². The number of primary sulfonamides is 1. The zero-order chi connectivity index (χ0) is 21.3. The quantitative estimate of drug-likeness (QED) is 0.456. The van der Waals surface area contributed by atoms with Crippen molar-refractivity contribution < 1.29 is 22.7 Å². The Bertz CT molecular complexity index is 766. The molecule has 1 aliphatic heterocycles. The molecular formula is C18H31N5O5S. The second kappa shape index (κ2) is 11.2. The first-order valence-electron chi connectivity index (χ1n) is 9.62. The summed E-state index contributed by atoms with van der Waals surface area (Å²) >= 11 is 0. The SMILES string of the molecule is CCOc1cc(N2CCN(C)CC2)ccc1NC(=O)NCCOCCS(N)(=O)=O. The molecule has 0 spiro atoms. The van der Waals surface area contributed by atoms with E-state index in [4.69, 9.17) is 14.6 Å². The lowest BCUT2D eigenvalue weighted by Crippen LogP contribution is -2.44. The number of anilines is 2. The molecule has 29 heavy (non-hydrogen) atoms. The molecule has 0 unspecified atom stereocenters. The number of likely N-dealkylation sites (N-methyl/N-ethyl adjacent to an activating group) is 1. The van der Waals surface area contributed by atoms with Gasteiger partial charge in [-0.05, 0) is 26.1 Å². The summed E-state index contributed by atoms with van der Waals surface area (Å²) in [7, 11) is -1.43. The van der Waals surface area contributed by atoms with Crippen molar-refractivity contribution in [3.05, 3.63) is 18.2 Å². The van der Waals surface area contributed by atoms with Crippen molar-refractivity contribution in [2.75, 3.05) is 75.6 Å². The molecule has 1 heterocycles. The third-order valence-electron chi connectivity index (χ3n) is 4.43. The summed E-state index contributed by atoms with van der Waals surface area (Å²) in [6.45, 7) is 6.69. The van der Waals surface area contributed by atoms with Gasteiger partial charge in [-0.1, -0.05) is 0 Å². The van der Waals surface area contributed by atoms with Crippen LogP contribution in [-0.2, 0) is 14.8 Å². The lowest BCUT2D eigenvalue weighted by molar-refractivity contribution is 0.151. The molecule has 4 N–H and O–H groups in total. The van der Waals surface area contributed by atoms with Crippen LogP contribution in [0, 0.1) is 0 Å². The Morgan fingerprint density at radius 1 is 1.21 bits per heavy atom. The van der Waals surface area contributed by atoms with Crippen LogP contribution < -0.4 is 25.4 Å². The van der Waals surface area contributed by atoms with Gasteiger partial charge in [-0.2, -0.15) is 0 Å². The van der Waals surface area contributed by atoms with Crippen LogP contribution in [0.1, 0.15) is 6.92 Å². The maximum atomic E-state index is 12.1. The van der Waals surface area contributed by atoms with Crippen LogP contribution in [0.4, 0.5) is 16.2 Å². The number of piperazine rings is 1. The highest BCUT2D eigenvalue weighted by molar-refractivity contribution is 7.89. The van der Waals surface area contributed by atoms with Crippen LogP contribution in [-0.4, -0.2) is 84.7 Å². The molecule has 11 heteroatoms. The maximum Gasteiger partial charge on any atom is 0.319 e. The van der Waals surface area contributed by atoms with Gasteiger partial charge in [0, 0.05) is 44.5 Å². The molecule has 0 aromatic heterocycles. The number of rotatable bonds is 10.